The summed E-state index contributed by atoms with van der Waals surface area (Å²) < 4.78 is 23.5. The highest BCUT2D eigenvalue weighted by Gasteiger charge is 2.08. The molecule has 6 heteroatoms. The van der Waals surface area contributed by atoms with Crippen molar-refractivity contribution in [2.24, 2.45) is 0 Å². The zero-order chi connectivity index (χ0) is 11.7. The third-order valence-corrected chi connectivity index (χ3v) is 2.92. The van der Waals surface area contributed by atoms with Gasteiger partial charge in [-0.25, -0.2) is 0 Å². The average Bonchev–Trinajstić information content (AvgIpc) is 2.25. The molecule has 1 unspecified atom stereocenters. The number of anilines is 1. The van der Waals surface area contributed by atoms with Gasteiger partial charge < -0.3 is 14.4 Å². The number of hydrogen-bond acceptors (Lipinski definition) is 4. The maximum absolute atomic E-state index is 10.6. The van der Waals surface area contributed by atoms with Crippen molar-refractivity contribution >= 4 is 40.4 Å². The zero-order valence-corrected chi connectivity index (χ0v) is 9.72. The van der Waals surface area contributed by atoms with E-state index in [1.54, 1.807) is 24.3 Å². The molecular weight excluding hydrogens is 246 g/mol. The van der Waals surface area contributed by atoms with E-state index in [4.69, 9.17) is 0 Å². The third kappa shape index (κ3) is 1.99. The monoisotopic (exact) mass is 254 g/mol. The molecule has 0 amide bonds. The molecule has 0 heterocycles. The van der Waals surface area contributed by atoms with Crippen molar-refractivity contribution in [3.63, 3.8) is 0 Å². The molecule has 0 aromatic heterocycles. The van der Waals surface area contributed by atoms with Crippen molar-refractivity contribution in [1.29, 1.82) is 0 Å². The van der Waals surface area contributed by atoms with Gasteiger partial charge in [0.1, 0.15) is 5.75 Å². The Labute approximate surface area is 100 Å². The van der Waals surface area contributed by atoms with E-state index in [-0.39, 0.29) is 5.75 Å². The van der Waals surface area contributed by atoms with E-state index in [0.717, 1.165) is 0 Å². The maximum Gasteiger partial charge on any atom is 0.136 e. The summed E-state index contributed by atoms with van der Waals surface area (Å²) in [4.78, 5) is 0.326. The summed E-state index contributed by atoms with van der Waals surface area (Å²) in [6, 6.07) is 8.41. The summed E-state index contributed by atoms with van der Waals surface area (Å²) in [6.45, 7) is 0. The number of aromatic hydroxyl groups is 1. The van der Waals surface area contributed by atoms with E-state index in [0.29, 0.717) is 21.4 Å². The van der Waals surface area contributed by atoms with Crippen molar-refractivity contribution in [2.45, 2.75) is 4.90 Å². The SMILES string of the molecule is O=S([O-])Nc1cc(S)c(O)c2ccccc12. The van der Waals surface area contributed by atoms with Crippen molar-refractivity contribution in [1.82, 2.24) is 0 Å². The Kier molecular flexibility index (Phi) is 3.04. The topological polar surface area (TPSA) is 72.4 Å². The number of phenols is 1. The second-order valence-electron chi connectivity index (χ2n) is 3.17. The van der Waals surface area contributed by atoms with Gasteiger partial charge in [0.2, 0.25) is 0 Å². The van der Waals surface area contributed by atoms with Crippen LogP contribution in [-0.4, -0.2) is 13.9 Å². The quantitative estimate of drug-likeness (QED) is 0.436. The van der Waals surface area contributed by atoms with Gasteiger partial charge in [0.25, 0.3) is 0 Å². The van der Waals surface area contributed by atoms with Crippen molar-refractivity contribution in [3.8, 4) is 5.75 Å². The number of rotatable bonds is 2. The first-order chi connectivity index (χ1) is 7.59. The maximum atomic E-state index is 10.6. The average molecular weight is 254 g/mol. The standard InChI is InChI=1S/C10H9NO3S2/c12-10-7-4-2-1-3-6(7)8(5-9(10)15)11-16(13)14/h1-5,11-12,15H,(H,13,14)/p-1. The molecule has 2 aromatic rings. The van der Waals surface area contributed by atoms with Crippen LogP contribution in [0.1, 0.15) is 0 Å². The fraction of sp³-hybridized carbons (Fsp3) is 0. The number of fused-ring (bicyclic) bond motifs is 1. The Morgan fingerprint density at radius 1 is 1.31 bits per heavy atom. The number of phenolic OH excluding ortho intramolecular Hbond substituents is 1. The lowest BCUT2D eigenvalue weighted by atomic mass is 10.1. The summed E-state index contributed by atoms with van der Waals surface area (Å²) in [6.07, 6.45) is 0. The molecule has 0 bridgehead atoms. The minimum absolute atomic E-state index is 0.0427. The zero-order valence-electron chi connectivity index (χ0n) is 8.01. The van der Waals surface area contributed by atoms with E-state index in [2.05, 4.69) is 17.4 Å². The first-order valence-corrected chi connectivity index (χ1v) is 5.91. The van der Waals surface area contributed by atoms with Gasteiger partial charge in [-0.05, 0) is 6.07 Å². The highest BCUT2D eigenvalue weighted by atomic mass is 32.2. The number of hydrogen-bond donors (Lipinski definition) is 3. The summed E-state index contributed by atoms with van der Waals surface area (Å²) >= 11 is 1.67. The fourth-order valence-corrected chi connectivity index (χ4v) is 2.12. The van der Waals surface area contributed by atoms with Gasteiger partial charge in [-0.1, -0.05) is 24.3 Å². The first-order valence-electron chi connectivity index (χ1n) is 4.39. The fourth-order valence-electron chi connectivity index (χ4n) is 1.52. The molecule has 0 aliphatic rings. The predicted octanol–water partition coefficient (Wildman–Crippen LogP) is 2.04. The molecule has 1 atom stereocenters. The van der Waals surface area contributed by atoms with Crippen LogP contribution in [0.3, 0.4) is 0 Å². The number of thiol groups is 1. The van der Waals surface area contributed by atoms with Crippen LogP contribution < -0.4 is 4.72 Å². The van der Waals surface area contributed by atoms with E-state index < -0.39 is 11.3 Å². The van der Waals surface area contributed by atoms with Gasteiger partial charge in [-0.3, -0.25) is 4.21 Å². The molecule has 16 heavy (non-hydrogen) atoms. The summed E-state index contributed by atoms with van der Waals surface area (Å²) in [5.74, 6) is 0.0427. The van der Waals surface area contributed by atoms with Crippen LogP contribution in [0.2, 0.25) is 0 Å². The van der Waals surface area contributed by atoms with Crippen molar-refractivity contribution < 1.29 is 13.9 Å². The first kappa shape index (κ1) is 11.3. The molecule has 0 fully saturated rings. The van der Waals surface area contributed by atoms with Gasteiger partial charge in [-0.2, -0.15) is 0 Å². The van der Waals surface area contributed by atoms with Gasteiger partial charge in [0, 0.05) is 26.9 Å². The van der Waals surface area contributed by atoms with Gasteiger partial charge in [0.15, 0.2) is 0 Å². The van der Waals surface area contributed by atoms with E-state index in [1.807, 2.05) is 0 Å². The van der Waals surface area contributed by atoms with Crippen LogP contribution in [-0.2, 0) is 11.3 Å². The van der Waals surface area contributed by atoms with E-state index in [1.165, 1.54) is 6.07 Å². The molecule has 84 valence electrons. The molecule has 0 spiro atoms. The Morgan fingerprint density at radius 2 is 1.94 bits per heavy atom. The van der Waals surface area contributed by atoms with E-state index >= 15 is 0 Å². The summed E-state index contributed by atoms with van der Waals surface area (Å²) in [7, 11) is 0. The minimum atomic E-state index is -2.40. The van der Waals surface area contributed by atoms with Gasteiger partial charge >= 0.3 is 0 Å². The van der Waals surface area contributed by atoms with Crippen LogP contribution in [0.15, 0.2) is 35.2 Å². The van der Waals surface area contributed by atoms with Crippen LogP contribution in [0, 0.1) is 0 Å². The molecule has 2 rings (SSSR count). The molecule has 4 nitrogen and oxygen atoms in total. The van der Waals surface area contributed by atoms with Crippen LogP contribution in [0.25, 0.3) is 10.8 Å². The molecule has 2 aromatic carbocycles. The highest BCUT2D eigenvalue weighted by molar-refractivity contribution is 7.80. The van der Waals surface area contributed by atoms with E-state index in [9.17, 15) is 13.9 Å². The Bertz CT molecular complexity index is 571. The lowest BCUT2D eigenvalue weighted by Gasteiger charge is -2.13. The summed E-state index contributed by atoms with van der Waals surface area (Å²) in [5.41, 5.74) is 0.395. The minimum Gasteiger partial charge on any atom is -0.755 e. The van der Waals surface area contributed by atoms with Gasteiger partial charge in [-0.15, -0.1) is 12.6 Å². The Morgan fingerprint density at radius 3 is 2.56 bits per heavy atom. The molecule has 0 aliphatic carbocycles. The largest absolute Gasteiger partial charge is 0.755 e. The second-order valence-corrected chi connectivity index (χ2v) is 4.33. The van der Waals surface area contributed by atoms with Gasteiger partial charge in [0.05, 0.1) is 5.69 Å². The number of nitrogens with one attached hydrogen (secondary N) is 1. The van der Waals surface area contributed by atoms with Crippen molar-refractivity contribution in [2.75, 3.05) is 4.72 Å². The predicted molar refractivity (Wildman–Crippen MR) is 65.4 cm³/mol. The molecule has 2 N–H and O–H groups in total. The number of benzene rings is 2. The summed E-state index contributed by atoms with van der Waals surface area (Å²) in [5, 5.41) is 10.9. The smallest absolute Gasteiger partial charge is 0.136 e. The molecule has 0 saturated heterocycles. The lowest BCUT2D eigenvalue weighted by molar-refractivity contribution is 0.469. The molecular formula is C10H8NO3S2-. The molecule has 0 radical (unpaired) electrons. The molecule has 0 aliphatic heterocycles. The molecule has 0 saturated carbocycles. The van der Waals surface area contributed by atoms with Crippen molar-refractivity contribution in [3.05, 3.63) is 30.3 Å². The van der Waals surface area contributed by atoms with Crippen LogP contribution >= 0.6 is 12.6 Å². The third-order valence-electron chi connectivity index (χ3n) is 2.19. The Hall–Kier alpha value is -1.24. The van der Waals surface area contributed by atoms with Crippen LogP contribution in [0.5, 0.6) is 5.75 Å². The van der Waals surface area contributed by atoms with Crippen LogP contribution in [0.4, 0.5) is 5.69 Å². The second kappa shape index (κ2) is 4.32. The lowest BCUT2D eigenvalue weighted by Crippen LogP contribution is -2.02. The Balaban J connectivity index is 2.74. The normalized spacial score (nSPS) is 12.6. The highest BCUT2D eigenvalue weighted by Crippen LogP contribution is 2.36.